The molecule has 1 aromatic heterocycles. The predicted octanol–water partition coefficient (Wildman–Crippen LogP) is 1.72. The van der Waals surface area contributed by atoms with Crippen molar-refractivity contribution < 1.29 is 9.53 Å². The third-order valence-electron chi connectivity index (χ3n) is 2.73. The van der Waals surface area contributed by atoms with E-state index in [0.29, 0.717) is 13.1 Å². The maximum absolute atomic E-state index is 11.9. The number of ether oxygens (including phenoxy) is 1. The van der Waals surface area contributed by atoms with Crippen LogP contribution in [-0.4, -0.2) is 35.0 Å². The van der Waals surface area contributed by atoms with Gasteiger partial charge < -0.3 is 9.64 Å². The summed E-state index contributed by atoms with van der Waals surface area (Å²) in [5, 5.41) is 0. The van der Waals surface area contributed by atoms with E-state index >= 15 is 0 Å². The van der Waals surface area contributed by atoms with E-state index in [1.165, 1.54) is 0 Å². The van der Waals surface area contributed by atoms with E-state index in [-0.39, 0.29) is 17.4 Å². The fourth-order valence-electron chi connectivity index (χ4n) is 1.76. The number of hydrogen-bond acceptors (Lipinski definition) is 3. The van der Waals surface area contributed by atoms with Crippen LogP contribution in [0.4, 0.5) is 0 Å². The molecule has 1 aliphatic rings. The molecule has 1 amide bonds. The van der Waals surface area contributed by atoms with Crippen molar-refractivity contribution in [2.24, 2.45) is 5.41 Å². The van der Waals surface area contributed by atoms with Gasteiger partial charge in [0.25, 0.3) is 0 Å². The molecule has 1 aliphatic heterocycles. The molecule has 0 saturated carbocycles. The summed E-state index contributed by atoms with van der Waals surface area (Å²) < 4.78 is 5.71. The summed E-state index contributed by atoms with van der Waals surface area (Å²) in [7, 11) is 0. The first-order chi connectivity index (χ1) is 7.97. The largest absolute Gasteiger partial charge is 0.487 e. The highest BCUT2D eigenvalue weighted by atomic mass is 16.5. The van der Waals surface area contributed by atoms with Crippen LogP contribution in [0.3, 0.4) is 0 Å². The van der Waals surface area contributed by atoms with Gasteiger partial charge in [0.05, 0.1) is 13.1 Å². The van der Waals surface area contributed by atoms with Gasteiger partial charge in [-0.05, 0) is 12.1 Å². The molecule has 0 N–H and O–H groups in total. The van der Waals surface area contributed by atoms with E-state index in [1.54, 1.807) is 12.4 Å². The smallest absolute Gasteiger partial charge is 0.228 e. The highest BCUT2D eigenvalue weighted by Gasteiger charge is 2.37. The number of likely N-dealkylation sites (tertiary alicyclic amines) is 1. The zero-order chi connectivity index (χ0) is 12.5. The average molecular weight is 234 g/mol. The Morgan fingerprint density at radius 2 is 1.94 bits per heavy atom. The van der Waals surface area contributed by atoms with Gasteiger partial charge in [-0.1, -0.05) is 20.8 Å². The number of aromatic nitrogens is 1. The van der Waals surface area contributed by atoms with Crippen LogP contribution in [0.2, 0.25) is 0 Å². The summed E-state index contributed by atoms with van der Waals surface area (Å²) in [4.78, 5) is 17.7. The fraction of sp³-hybridized carbons (Fsp3) is 0.538. The lowest BCUT2D eigenvalue weighted by Crippen LogP contribution is -2.58. The van der Waals surface area contributed by atoms with Gasteiger partial charge in [-0.2, -0.15) is 0 Å². The first kappa shape index (κ1) is 11.9. The number of pyridine rings is 1. The van der Waals surface area contributed by atoms with Crippen LogP contribution in [0, 0.1) is 5.41 Å². The SMILES string of the molecule is CC(C)(C)C(=O)N1CC(Oc2ccncc2)C1. The number of hydrogen-bond donors (Lipinski definition) is 0. The second-order valence-corrected chi connectivity index (χ2v) is 5.38. The Balaban J connectivity index is 1.82. The zero-order valence-corrected chi connectivity index (χ0v) is 10.5. The number of carbonyl (C=O) groups is 1. The van der Waals surface area contributed by atoms with E-state index in [2.05, 4.69) is 4.98 Å². The number of rotatable bonds is 2. The Labute approximate surface area is 102 Å². The van der Waals surface area contributed by atoms with Crippen LogP contribution in [0.15, 0.2) is 24.5 Å². The third-order valence-corrected chi connectivity index (χ3v) is 2.73. The van der Waals surface area contributed by atoms with Gasteiger partial charge in [-0.15, -0.1) is 0 Å². The Bertz CT molecular complexity index is 392. The molecule has 2 heterocycles. The van der Waals surface area contributed by atoms with Gasteiger partial charge in [0.1, 0.15) is 11.9 Å². The summed E-state index contributed by atoms with van der Waals surface area (Å²) in [6.45, 7) is 7.17. The zero-order valence-electron chi connectivity index (χ0n) is 10.5. The third kappa shape index (κ3) is 2.75. The van der Waals surface area contributed by atoms with Crippen molar-refractivity contribution in [3.8, 4) is 5.75 Å². The molecule has 1 saturated heterocycles. The minimum absolute atomic E-state index is 0.115. The van der Waals surface area contributed by atoms with Crippen molar-refractivity contribution in [2.75, 3.05) is 13.1 Å². The molecule has 4 nitrogen and oxygen atoms in total. The molecule has 0 atom stereocenters. The molecular formula is C13H18N2O2. The minimum atomic E-state index is -0.304. The van der Waals surface area contributed by atoms with Crippen LogP contribution < -0.4 is 4.74 Å². The molecule has 4 heteroatoms. The number of nitrogens with zero attached hydrogens (tertiary/aromatic N) is 2. The summed E-state index contributed by atoms with van der Waals surface area (Å²) >= 11 is 0. The van der Waals surface area contributed by atoms with Crippen LogP contribution in [0.5, 0.6) is 5.75 Å². The quantitative estimate of drug-likeness (QED) is 0.782. The molecule has 2 rings (SSSR count). The van der Waals surface area contributed by atoms with Crippen molar-refractivity contribution >= 4 is 5.91 Å². The molecule has 0 spiro atoms. The highest BCUT2D eigenvalue weighted by Crippen LogP contribution is 2.23. The highest BCUT2D eigenvalue weighted by molar-refractivity contribution is 5.82. The van der Waals surface area contributed by atoms with Gasteiger partial charge in [0, 0.05) is 17.8 Å². The van der Waals surface area contributed by atoms with Gasteiger partial charge in [0.2, 0.25) is 5.91 Å². The van der Waals surface area contributed by atoms with E-state index < -0.39 is 0 Å². The monoisotopic (exact) mass is 234 g/mol. The molecular weight excluding hydrogens is 216 g/mol. The van der Waals surface area contributed by atoms with E-state index in [4.69, 9.17) is 4.74 Å². The Morgan fingerprint density at radius 3 is 2.47 bits per heavy atom. The molecule has 1 aromatic rings. The fourth-order valence-corrected chi connectivity index (χ4v) is 1.76. The second-order valence-electron chi connectivity index (χ2n) is 5.38. The van der Waals surface area contributed by atoms with E-state index in [9.17, 15) is 4.79 Å². The Morgan fingerprint density at radius 1 is 1.35 bits per heavy atom. The standard InChI is InChI=1S/C13H18N2O2/c1-13(2,3)12(16)15-8-11(9-15)17-10-4-6-14-7-5-10/h4-7,11H,8-9H2,1-3H3. The van der Waals surface area contributed by atoms with Gasteiger partial charge in [0.15, 0.2) is 0 Å². The maximum Gasteiger partial charge on any atom is 0.228 e. The van der Waals surface area contributed by atoms with Gasteiger partial charge >= 0.3 is 0 Å². The van der Waals surface area contributed by atoms with Gasteiger partial charge in [-0.25, -0.2) is 0 Å². The molecule has 0 radical (unpaired) electrons. The average Bonchev–Trinajstić information content (AvgIpc) is 2.22. The molecule has 92 valence electrons. The lowest BCUT2D eigenvalue weighted by molar-refractivity contribution is -0.148. The molecule has 0 aromatic carbocycles. The molecule has 0 bridgehead atoms. The number of carbonyl (C=O) groups excluding carboxylic acids is 1. The first-order valence-corrected chi connectivity index (χ1v) is 5.83. The maximum atomic E-state index is 11.9. The van der Waals surface area contributed by atoms with Gasteiger partial charge in [-0.3, -0.25) is 9.78 Å². The van der Waals surface area contributed by atoms with Crippen molar-refractivity contribution in [2.45, 2.75) is 26.9 Å². The second kappa shape index (κ2) is 4.35. The molecule has 0 aliphatic carbocycles. The first-order valence-electron chi connectivity index (χ1n) is 5.83. The topological polar surface area (TPSA) is 42.4 Å². The summed E-state index contributed by atoms with van der Waals surface area (Å²) in [6, 6.07) is 3.66. The lowest BCUT2D eigenvalue weighted by Gasteiger charge is -2.41. The lowest BCUT2D eigenvalue weighted by atomic mass is 9.93. The summed E-state index contributed by atoms with van der Waals surface area (Å²) in [5.74, 6) is 1.000. The minimum Gasteiger partial charge on any atom is -0.487 e. The predicted molar refractivity (Wildman–Crippen MR) is 64.7 cm³/mol. The summed E-state index contributed by atoms with van der Waals surface area (Å²) in [6.07, 6.45) is 3.52. The number of amides is 1. The molecule has 1 fully saturated rings. The van der Waals surface area contributed by atoms with E-state index in [0.717, 1.165) is 5.75 Å². The molecule has 0 unspecified atom stereocenters. The van der Waals surface area contributed by atoms with Crippen molar-refractivity contribution in [1.82, 2.24) is 9.88 Å². The van der Waals surface area contributed by atoms with Crippen LogP contribution in [0.1, 0.15) is 20.8 Å². The Kier molecular flexibility index (Phi) is 3.05. The molecule has 17 heavy (non-hydrogen) atoms. The Hall–Kier alpha value is -1.58. The summed E-state index contributed by atoms with van der Waals surface area (Å²) in [5.41, 5.74) is -0.304. The normalized spacial score (nSPS) is 16.5. The van der Waals surface area contributed by atoms with Crippen molar-refractivity contribution in [3.63, 3.8) is 0 Å². The van der Waals surface area contributed by atoms with Crippen molar-refractivity contribution in [3.05, 3.63) is 24.5 Å². The van der Waals surface area contributed by atoms with Crippen LogP contribution >= 0.6 is 0 Å². The van der Waals surface area contributed by atoms with Crippen LogP contribution in [-0.2, 0) is 4.79 Å². The van der Waals surface area contributed by atoms with E-state index in [1.807, 2.05) is 37.8 Å². The van der Waals surface area contributed by atoms with Crippen LogP contribution in [0.25, 0.3) is 0 Å². The van der Waals surface area contributed by atoms with Crippen molar-refractivity contribution in [1.29, 1.82) is 0 Å².